The first-order valence-corrected chi connectivity index (χ1v) is 7.72. The molecule has 0 aliphatic rings. The summed E-state index contributed by atoms with van der Waals surface area (Å²) in [6.45, 7) is 4.70. The van der Waals surface area contributed by atoms with E-state index < -0.39 is 0 Å². The first-order chi connectivity index (χ1) is 9.24. The van der Waals surface area contributed by atoms with Crippen molar-refractivity contribution in [2.24, 2.45) is 5.73 Å². The summed E-state index contributed by atoms with van der Waals surface area (Å²) in [7, 11) is 0. The van der Waals surface area contributed by atoms with E-state index in [9.17, 15) is 0 Å². The molecule has 2 nitrogen and oxygen atoms in total. The quantitative estimate of drug-likeness (QED) is 0.875. The molecule has 2 aromatic rings. The summed E-state index contributed by atoms with van der Waals surface area (Å²) >= 11 is 7.73. The largest absolute Gasteiger partial charge is 0.329 e. The second-order valence-corrected chi connectivity index (χ2v) is 5.91. The Bertz CT molecular complexity index is 481. The van der Waals surface area contributed by atoms with E-state index >= 15 is 0 Å². The van der Waals surface area contributed by atoms with E-state index in [-0.39, 0.29) is 6.04 Å². The van der Waals surface area contributed by atoms with E-state index in [2.05, 4.69) is 41.5 Å². The molecule has 19 heavy (non-hydrogen) atoms. The second-order valence-electron chi connectivity index (χ2n) is 4.45. The van der Waals surface area contributed by atoms with E-state index in [0.717, 1.165) is 18.1 Å². The molecule has 0 saturated carbocycles. The lowest BCUT2D eigenvalue weighted by Gasteiger charge is -2.29. The number of hydrogen-bond acceptors (Lipinski definition) is 3. The fourth-order valence-electron chi connectivity index (χ4n) is 2.23. The van der Waals surface area contributed by atoms with Gasteiger partial charge in [-0.25, -0.2) is 0 Å². The Balaban J connectivity index is 2.16. The van der Waals surface area contributed by atoms with Crippen molar-refractivity contribution in [3.05, 3.63) is 57.2 Å². The molecule has 4 heteroatoms. The van der Waals surface area contributed by atoms with Gasteiger partial charge in [-0.15, -0.1) is 11.3 Å². The van der Waals surface area contributed by atoms with Gasteiger partial charge in [-0.05, 0) is 35.7 Å². The molecule has 1 heterocycles. The van der Waals surface area contributed by atoms with E-state index in [0.29, 0.717) is 6.54 Å². The molecule has 2 rings (SSSR count). The average molecular weight is 295 g/mol. The Morgan fingerprint density at radius 2 is 2.00 bits per heavy atom. The summed E-state index contributed by atoms with van der Waals surface area (Å²) in [5, 5.41) is 2.88. The number of likely N-dealkylation sites (N-methyl/N-ethyl adjacent to an activating group) is 1. The van der Waals surface area contributed by atoms with Crippen LogP contribution in [0.3, 0.4) is 0 Å². The molecule has 0 aliphatic heterocycles. The van der Waals surface area contributed by atoms with Crippen LogP contribution in [0.1, 0.15) is 23.4 Å². The summed E-state index contributed by atoms with van der Waals surface area (Å²) in [4.78, 5) is 3.77. The van der Waals surface area contributed by atoms with Gasteiger partial charge in [0.25, 0.3) is 0 Å². The maximum atomic E-state index is 5.98. The number of halogens is 1. The molecule has 0 amide bonds. The van der Waals surface area contributed by atoms with Crippen molar-refractivity contribution in [1.29, 1.82) is 0 Å². The maximum Gasteiger partial charge on any atom is 0.0474 e. The van der Waals surface area contributed by atoms with Gasteiger partial charge in [0, 0.05) is 29.0 Å². The number of rotatable bonds is 6. The van der Waals surface area contributed by atoms with Crippen molar-refractivity contribution in [3.8, 4) is 0 Å². The minimum Gasteiger partial charge on any atom is -0.329 e. The Morgan fingerprint density at radius 3 is 2.53 bits per heavy atom. The van der Waals surface area contributed by atoms with Crippen LogP contribution in [-0.2, 0) is 6.54 Å². The van der Waals surface area contributed by atoms with Crippen molar-refractivity contribution < 1.29 is 0 Å². The lowest BCUT2D eigenvalue weighted by molar-refractivity contribution is 0.205. The van der Waals surface area contributed by atoms with Crippen molar-refractivity contribution in [3.63, 3.8) is 0 Å². The smallest absolute Gasteiger partial charge is 0.0474 e. The lowest BCUT2D eigenvalue weighted by Crippen LogP contribution is -2.33. The normalized spacial score (nSPS) is 12.8. The SMILES string of the molecule is CCN(Cc1cccs1)C(CN)c1ccc(Cl)cc1. The molecule has 0 aliphatic carbocycles. The van der Waals surface area contributed by atoms with E-state index in [1.165, 1.54) is 10.4 Å². The number of nitrogens with two attached hydrogens (primary N) is 1. The van der Waals surface area contributed by atoms with E-state index in [4.69, 9.17) is 17.3 Å². The lowest BCUT2D eigenvalue weighted by atomic mass is 10.1. The van der Waals surface area contributed by atoms with Gasteiger partial charge >= 0.3 is 0 Å². The molecule has 1 unspecified atom stereocenters. The summed E-state index contributed by atoms with van der Waals surface area (Å²) < 4.78 is 0. The van der Waals surface area contributed by atoms with Crippen LogP contribution in [0.5, 0.6) is 0 Å². The zero-order valence-electron chi connectivity index (χ0n) is 11.1. The van der Waals surface area contributed by atoms with Crippen LogP contribution in [0, 0.1) is 0 Å². The number of nitrogens with zero attached hydrogens (tertiary/aromatic N) is 1. The first kappa shape index (κ1) is 14.5. The zero-order valence-corrected chi connectivity index (χ0v) is 12.6. The Hall–Kier alpha value is -0.870. The van der Waals surface area contributed by atoms with Gasteiger partial charge in [0.15, 0.2) is 0 Å². The molecule has 1 aromatic heterocycles. The number of thiophene rings is 1. The molecular weight excluding hydrogens is 276 g/mol. The van der Waals surface area contributed by atoms with Crippen LogP contribution in [-0.4, -0.2) is 18.0 Å². The van der Waals surface area contributed by atoms with Crippen LogP contribution in [0.15, 0.2) is 41.8 Å². The second kappa shape index (κ2) is 7.06. The first-order valence-electron chi connectivity index (χ1n) is 6.46. The molecule has 102 valence electrons. The third kappa shape index (κ3) is 3.80. The van der Waals surface area contributed by atoms with Crippen molar-refractivity contribution in [2.75, 3.05) is 13.1 Å². The molecule has 0 radical (unpaired) electrons. The molecule has 1 atom stereocenters. The van der Waals surface area contributed by atoms with Gasteiger partial charge in [0.1, 0.15) is 0 Å². The highest BCUT2D eigenvalue weighted by molar-refractivity contribution is 7.09. The standard InChI is InChI=1S/C15H19ClN2S/c1-2-18(11-14-4-3-9-19-14)15(10-17)12-5-7-13(16)8-6-12/h3-9,15H,2,10-11,17H2,1H3. The summed E-state index contributed by atoms with van der Waals surface area (Å²) in [5.74, 6) is 0. The molecular formula is C15H19ClN2S. The highest BCUT2D eigenvalue weighted by Gasteiger charge is 2.18. The molecule has 0 saturated heterocycles. The maximum absolute atomic E-state index is 5.98. The summed E-state index contributed by atoms with van der Waals surface area (Å²) in [5.41, 5.74) is 7.20. The van der Waals surface area contributed by atoms with Crippen LogP contribution < -0.4 is 5.73 Å². The van der Waals surface area contributed by atoms with Gasteiger partial charge in [-0.2, -0.15) is 0 Å². The van der Waals surface area contributed by atoms with Crippen molar-refractivity contribution in [2.45, 2.75) is 19.5 Å². The average Bonchev–Trinajstić information content (AvgIpc) is 2.93. The Labute approximate surface area is 123 Å². The fraction of sp³-hybridized carbons (Fsp3) is 0.333. The Kier molecular flexibility index (Phi) is 5.40. The monoisotopic (exact) mass is 294 g/mol. The number of hydrogen-bond donors (Lipinski definition) is 1. The van der Waals surface area contributed by atoms with E-state index in [1.807, 2.05) is 12.1 Å². The van der Waals surface area contributed by atoms with Crippen LogP contribution in [0.4, 0.5) is 0 Å². The third-order valence-electron chi connectivity index (χ3n) is 3.26. The van der Waals surface area contributed by atoms with Gasteiger partial charge < -0.3 is 5.73 Å². The predicted molar refractivity (Wildman–Crippen MR) is 83.7 cm³/mol. The van der Waals surface area contributed by atoms with Gasteiger partial charge in [-0.3, -0.25) is 4.90 Å². The fourth-order valence-corrected chi connectivity index (χ4v) is 3.08. The van der Waals surface area contributed by atoms with Gasteiger partial charge in [0.05, 0.1) is 0 Å². The molecule has 0 spiro atoms. The summed E-state index contributed by atoms with van der Waals surface area (Å²) in [6.07, 6.45) is 0. The molecule has 0 bridgehead atoms. The van der Waals surface area contributed by atoms with Gasteiger partial charge in [0.2, 0.25) is 0 Å². The Morgan fingerprint density at radius 1 is 1.26 bits per heavy atom. The summed E-state index contributed by atoms with van der Waals surface area (Å²) in [6, 6.07) is 12.5. The predicted octanol–water partition coefficient (Wildman–Crippen LogP) is 3.92. The van der Waals surface area contributed by atoms with E-state index in [1.54, 1.807) is 11.3 Å². The minimum atomic E-state index is 0.240. The van der Waals surface area contributed by atoms with Crippen LogP contribution in [0.25, 0.3) is 0 Å². The highest BCUT2D eigenvalue weighted by Crippen LogP contribution is 2.24. The molecule has 0 fully saturated rings. The number of benzene rings is 1. The van der Waals surface area contributed by atoms with Gasteiger partial charge in [-0.1, -0.05) is 36.7 Å². The third-order valence-corrected chi connectivity index (χ3v) is 4.38. The van der Waals surface area contributed by atoms with Crippen LogP contribution >= 0.6 is 22.9 Å². The zero-order chi connectivity index (χ0) is 13.7. The molecule has 2 N–H and O–H groups in total. The van der Waals surface area contributed by atoms with Crippen molar-refractivity contribution in [1.82, 2.24) is 4.90 Å². The minimum absolute atomic E-state index is 0.240. The van der Waals surface area contributed by atoms with Crippen molar-refractivity contribution >= 4 is 22.9 Å². The highest BCUT2D eigenvalue weighted by atomic mass is 35.5. The molecule has 1 aromatic carbocycles. The van der Waals surface area contributed by atoms with Crippen LogP contribution in [0.2, 0.25) is 5.02 Å². The topological polar surface area (TPSA) is 29.3 Å².